The van der Waals surface area contributed by atoms with Crippen LogP contribution in [-0.4, -0.2) is 29.3 Å². The molecule has 0 aromatic heterocycles. The third-order valence-electron chi connectivity index (χ3n) is 4.98. The summed E-state index contributed by atoms with van der Waals surface area (Å²) in [6.07, 6.45) is 8.70. The molecule has 1 saturated heterocycles. The first-order valence-electron chi connectivity index (χ1n) is 8.72. The maximum absolute atomic E-state index is 12.5. The summed E-state index contributed by atoms with van der Waals surface area (Å²) in [5.74, 6) is -0.129. The highest BCUT2D eigenvalue weighted by Crippen LogP contribution is 2.25. The van der Waals surface area contributed by atoms with Gasteiger partial charge in [-0.25, -0.2) is 0 Å². The fourth-order valence-electron chi connectivity index (χ4n) is 3.60. The maximum Gasteiger partial charge on any atom is 0.234 e. The molecule has 0 saturated carbocycles. The van der Waals surface area contributed by atoms with E-state index in [1.54, 1.807) is 0 Å². The zero-order chi connectivity index (χ0) is 16.9. The van der Waals surface area contributed by atoms with E-state index in [0.717, 1.165) is 49.9 Å². The molecule has 5 nitrogen and oxygen atoms in total. The number of hydrogen-bond donors (Lipinski definition) is 2. The van der Waals surface area contributed by atoms with Crippen molar-refractivity contribution in [3.63, 3.8) is 0 Å². The van der Waals surface area contributed by atoms with Crippen molar-refractivity contribution in [2.45, 2.75) is 44.7 Å². The second-order valence-corrected chi connectivity index (χ2v) is 6.66. The topological polar surface area (TPSA) is 75.4 Å². The van der Waals surface area contributed by atoms with Crippen LogP contribution < -0.4 is 11.1 Å². The predicted octanol–water partition coefficient (Wildman–Crippen LogP) is 2.43. The Morgan fingerprint density at radius 1 is 1.21 bits per heavy atom. The highest BCUT2D eigenvalue weighted by Gasteiger charge is 2.29. The molecule has 1 heterocycles. The van der Waals surface area contributed by atoms with Gasteiger partial charge in [0.15, 0.2) is 0 Å². The number of nitrogens with zero attached hydrogens (tertiary/aromatic N) is 1. The number of allylic oxidation sites excluding steroid dienone is 2. The van der Waals surface area contributed by atoms with Gasteiger partial charge in [-0.3, -0.25) is 14.5 Å². The molecule has 3 rings (SSSR count). The summed E-state index contributed by atoms with van der Waals surface area (Å²) < 4.78 is 0. The minimum atomic E-state index is -0.261. The van der Waals surface area contributed by atoms with Gasteiger partial charge in [-0.05, 0) is 50.3 Å². The zero-order valence-electron chi connectivity index (χ0n) is 13.9. The number of rotatable bonds is 5. The summed E-state index contributed by atoms with van der Waals surface area (Å²) in [7, 11) is 0. The highest BCUT2D eigenvalue weighted by atomic mass is 16.2. The molecule has 0 spiro atoms. The van der Waals surface area contributed by atoms with E-state index in [9.17, 15) is 9.59 Å². The van der Waals surface area contributed by atoms with Gasteiger partial charge >= 0.3 is 0 Å². The summed E-state index contributed by atoms with van der Waals surface area (Å²) in [5.41, 5.74) is 7.37. The van der Waals surface area contributed by atoms with Crippen LogP contribution in [-0.2, 0) is 16.1 Å². The molecule has 1 aliphatic carbocycles. The quantitative estimate of drug-likeness (QED) is 0.816. The molecule has 24 heavy (non-hydrogen) atoms. The van der Waals surface area contributed by atoms with Gasteiger partial charge in [0.05, 0.1) is 6.04 Å². The van der Waals surface area contributed by atoms with Crippen molar-refractivity contribution in [1.82, 2.24) is 4.90 Å². The van der Waals surface area contributed by atoms with Crippen LogP contribution in [0, 0.1) is 5.92 Å². The van der Waals surface area contributed by atoms with Gasteiger partial charge in [0, 0.05) is 18.2 Å². The summed E-state index contributed by atoms with van der Waals surface area (Å²) in [6, 6.07) is 7.63. The number of nitrogens with two attached hydrogens (primary N) is 1. The van der Waals surface area contributed by atoms with E-state index in [-0.39, 0.29) is 23.8 Å². The molecule has 0 unspecified atom stereocenters. The number of primary amides is 1. The molecule has 2 aliphatic rings. The van der Waals surface area contributed by atoms with Gasteiger partial charge in [0.1, 0.15) is 0 Å². The smallest absolute Gasteiger partial charge is 0.234 e. The lowest BCUT2D eigenvalue weighted by atomic mass is 9.93. The minimum absolute atomic E-state index is 0.0493. The molecule has 1 aliphatic heterocycles. The van der Waals surface area contributed by atoms with Crippen LogP contribution in [0.25, 0.3) is 0 Å². The predicted molar refractivity (Wildman–Crippen MR) is 94.2 cm³/mol. The first-order chi connectivity index (χ1) is 11.6. The lowest BCUT2D eigenvalue weighted by Crippen LogP contribution is -2.39. The molecule has 1 aromatic rings. The van der Waals surface area contributed by atoms with Gasteiger partial charge in [-0.2, -0.15) is 0 Å². The number of nitrogens with one attached hydrogen (secondary N) is 1. The van der Waals surface area contributed by atoms with Crippen molar-refractivity contribution < 1.29 is 9.59 Å². The van der Waals surface area contributed by atoms with Gasteiger partial charge in [0.2, 0.25) is 11.8 Å². The number of para-hydroxylation sites is 1. The Balaban J connectivity index is 1.70. The monoisotopic (exact) mass is 327 g/mol. The number of hydrogen-bond acceptors (Lipinski definition) is 3. The Hall–Kier alpha value is -2.14. The van der Waals surface area contributed by atoms with E-state index in [0.29, 0.717) is 6.54 Å². The van der Waals surface area contributed by atoms with Crippen molar-refractivity contribution in [2.24, 2.45) is 11.7 Å². The van der Waals surface area contributed by atoms with E-state index in [2.05, 4.69) is 22.4 Å². The second kappa shape index (κ2) is 7.62. The number of carbonyl (C=O) groups is 2. The minimum Gasteiger partial charge on any atom is -0.368 e. The van der Waals surface area contributed by atoms with E-state index in [1.165, 1.54) is 0 Å². The standard InChI is InChI=1S/C19H25N3O2/c20-18(23)17-11-6-12-22(17)13-15-9-4-5-10-16(15)21-19(24)14-7-2-1-3-8-14/h1-2,4-5,9-10,14,17H,3,6-8,11-13H2,(H2,20,23)(H,21,24)/t14-,17-/m0/s1. The maximum atomic E-state index is 12.5. The van der Waals surface area contributed by atoms with E-state index >= 15 is 0 Å². The molecule has 128 valence electrons. The van der Waals surface area contributed by atoms with Gasteiger partial charge in [0.25, 0.3) is 0 Å². The third kappa shape index (κ3) is 3.85. The molecular weight excluding hydrogens is 302 g/mol. The Kier molecular flexibility index (Phi) is 5.30. The van der Waals surface area contributed by atoms with E-state index < -0.39 is 0 Å². The zero-order valence-corrected chi connectivity index (χ0v) is 13.9. The van der Waals surface area contributed by atoms with Gasteiger partial charge < -0.3 is 11.1 Å². The number of likely N-dealkylation sites (tertiary alicyclic amines) is 1. The van der Waals surface area contributed by atoms with Crippen LogP contribution >= 0.6 is 0 Å². The molecule has 5 heteroatoms. The lowest BCUT2D eigenvalue weighted by Gasteiger charge is -2.24. The first-order valence-corrected chi connectivity index (χ1v) is 8.72. The Morgan fingerprint density at radius 3 is 2.79 bits per heavy atom. The van der Waals surface area contributed by atoms with Crippen LogP contribution in [0.2, 0.25) is 0 Å². The Labute approximate surface area is 142 Å². The van der Waals surface area contributed by atoms with Crippen molar-refractivity contribution in [3.8, 4) is 0 Å². The average Bonchev–Trinajstić information content (AvgIpc) is 3.06. The van der Waals surface area contributed by atoms with Crippen molar-refractivity contribution >= 4 is 17.5 Å². The lowest BCUT2D eigenvalue weighted by molar-refractivity contribution is -0.122. The van der Waals surface area contributed by atoms with E-state index in [1.807, 2.05) is 24.3 Å². The molecule has 1 aromatic carbocycles. The Bertz CT molecular complexity index is 641. The highest BCUT2D eigenvalue weighted by molar-refractivity contribution is 5.93. The SMILES string of the molecule is NC(=O)[C@@H]1CCCN1Cc1ccccc1NC(=O)[C@H]1CC=CCC1. The first kappa shape index (κ1) is 16.7. The van der Waals surface area contributed by atoms with Crippen LogP contribution in [0.1, 0.15) is 37.7 Å². The van der Waals surface area contributed by atoms with Crippen LogP contribution in [0.5, 0.6) is 0 Å². The fourth-order valence-corrected chi connectivity index (χ4v) is 3.60. The van der Waals surface area contributed by atoms with Crippen molar-refractivity contribution in [2.75, 3.05) is 11.9 Å². The molecule has 0 radical (unpaired) electrons. The largest absolute Gasteiger partial charge is 0.368 e. The second-order valence-electron chi connectivity index (χ2n) is 6.66. The van der Waals surface area contributed by atoms with Gasteiger partial charge in [-0.15, -0.1) is 0 Å². The summed E-state index contributed by atoms with van der Waals surface area (Å²) in [6.45, 7) is 1.50. The summed E-state index contributed by atoms with van der Waals surface area (Å²) >= 11 is 0. The summed E-state index contributed by atoms with van der Waals surface area (Å²) in [5, 5.41) is 3.08. The molecule has 0 bridgehead atoms. The average molecular weight is 327 g/mol. The number of benzene rings is 1. The van der Waals surface area contributed by atoms with Crippen LogP contribution in [0.4, 0.5) is 5.69 Å². The Morgan fingerprint density at radius 2 is 2.04 bits per heavy atom. The van der Waals surface area contributed by atoms with E-state index in [4.69, 9.17) is 5.73 Å². The number of amides is 2. The molecule has 3 N–H and O–H groups in total. The normalized spacial score (nSPS) is 24.0. The molecule has 1 fully saturated rings. The number of carbonyl (C=O) groups excluding carboxylic acids is 2. The third-order valence-corrected chi connectivity index (χ3v) is 4.98. The van der Waals surface area contributed by atoms with Crippen molar-refractivity contribution in [3.05, 3.63) is 42.0 Å². The van der Waals surface area contributed by atoms with Crippen LogP contribution in [0.15, 0.2) is 36.4 Å². The molecule has 2 amide bonds. The number of anilines is 1. The van der Waals surface area contributed by atoms with Gasteiger partial charge in [-0.1, -0.05) is 30.4 Å². The summed E-state index contributed by atoms with van der Waals surface area (Å²) in [4.78, 5) is 26.2. The van der Waals surface area contributed by atoms with Crippen molar-refractivity contribution in [1.29, 1.82) is 0 Å². The molecule has 2 atom stereocenters. The van der Waals surface area contributed by atoms with Crippen LogP contribution in [0.3, 0.4) is 0 Å². The fraction of sp³-hybridized carbons (Fsp3) is 0.474. The molecular formula is C19H25N3O2.